The van der Waals surface area contributed by atoms with E-state index in [1.165, 1.54) is 6.42 Å². The number of benzene rings is 1. The standard InChI is InChI=1S/C14H18Br2N2O/c15-11-7-10(8-12(16)9-11)14(19)18-6-2-1-3-13(18)4-5-17/h7-9,13H,1-6,17H2. The van der Waals surface area contributed by atoms with E-state index in [0.29, 0.717) is 12.6 Å². The predicted molar refractivity (Wildman–Crippen MR) is 84.2 cm³/mol. The number of hydrogen-bond acceptors (Lipinski definition) is 2. The molecule has 2 rings (SSSR count). The van der Waals surface area contributed by atoms with Gasteiger partial charge < -0.3 is 10.6 Å². The molecule has 104 valence electrons. The zero-order chi connectivity index (χ0) is 13.8. The molecule has 0 spiro atoms. The summed E-state index contributed by atoms with van der Waals surface area (Å²) in [6.45, 7) is 1.48. The van der Waals surface area contributed by atoms with Crippen molar-refractivity contribution in [3.8, 4) is 0 Å². The first-order valence-electron chi connectivity index (χ1n) is 6.59. The van der Waals surface area contributed by atoms with Crippen LogP contribution in [0.3, 0.4) is 0 Å². The number of amides is 1. The van der Waals surface area contributed by atoms with E-state index >= 15 is 0 Å². The molecule has 0 radical (unpaired) electrons. The molecule has 1 unspecified atom stereocenters. The highest BCUT2D eigenvalue weighted by Crippen LogP contribution is 2.25. The molecule has 0 bridgehead atoms. The van der Waals surface area contributed by atoms with E-state index in [9.17, 15) is 4.79 Å². The van der Waals surface area contributed by atoms with E-state index < -0.39 is 0 Å². The summed E-state index contributed by atoms with van der Waals surface area (Å²) in [5.41, 5.74) is 6.38. The van der Waals surface area contributed by atoms with Crippen LogP contribution >= 0.6 is 31.9 Å². The number of hydrogen-bond donors (Lipinski definition) is 1. The van der Waals surface area contributed by atoms with Crippen molar-refractivity contribution in [1.29, 1.82) is 0 Å². The second kappa shape index (κ2) is 6.86. The van der Waals surface area contributed by atoms with E-state index in [0.717, 1.165) is 40.3 Å². The van der Waals surface area contributed by atoms with Crippen LogP contribution < -0.4 is 5.73 Å². The molecule has 0 saturated carbocycles. The van der Waals surface area contributed by atoms with Gasteiger partial charge in [0.15, 0.2) is 0 Å². The summed E-state index contributed by atoms with van der Waals surface area (Å²) in [5.74, 6) is 0.111. The summed E-state index contributed by atoms with van der Waals surface area (Å²) in [4.78, 5) is 14.6. The molecule has 5 heteroatoms. The summed E-state index contributed by atoms with van der Waals surface area (Å²) >= 11 is 6.86. The summed E-state index contributed by atoms with van der Waals surface area (Å²) in [6.07, 6.45) is 4.23. The van der Waals surface area contributed by atoms with Gasteiger partial charge in [0.1, 0.15) is 0 Å². The Labute approximate surface area is 130 Å². The van der Waals surface area contributed by atoms with Crippen LogP contribution in [0.2, 0.25) is 0 Å². The minimum Gasteiger partial charge on any atom is -0.336 e. The number of rotatable bonds is 3. The zero-order valence-electron chi connectivity index (χ0n) is 10.7. The predicted octanol–water partition coefficient (Wildman–Crippen LogP) is 3.56. The summed E-state index contributed by atoms with van der Waals surface area (Å²) in [6, 6.07) is 5.98. The van der Waals surface area contributed by atoms with Gasteiger partial charge in [-0.15, -0.1) is 0 Å². The van der Waals surface area contributed by atoms with E-state index in [4.69, 9.17) is 5.73 Å². The van der Waals surface area contributed by atoms with Gasteiger partial charge in [-0.3, -0.25) is 4.79 Å². The monoisotopic (exact) mass is 388 g/mol. The first-order valence-corrected chi connectivity index (χ1v) is 8.17. The van der Waals surface area contributed by atoms with Crippen LogP contribution in [-0.4, -0.2) is 29.9 Å². The van der Waals surface area contributed by atoms with Crippen LogP contribution in [0.4, 0.5) is 0 Å². The van der Waals surface area contributed by atoms with Crippen LogP contribution in [0.1, 0.15) is 36.0 Å². The minimum absolute atomic E-state index is 0.111. The lowest BCUT2D eigenvalue weighted by atomic mass is 9.98. The lowest BCUT2D eigenvalue weighted by Gasteiger charge is -2.35. The Morgan fingerprint density at radius 3 is 2.58 bits per heavy atom. The highest BCUT2D eigenvalue weighted by atomic mass is 79.9. The van der Waals surface area contributed by atoms with Crippen molar-refractivity contribution in [3.05, 3.63) is 32.7 Å². The van der Waals surface area contributed by atoms with Gasteiger partial charge in [0.25, 0.3) is 5.91 Å². The maximum atomic E-state index is 12.6. The average molecular weight is 390 g/mol. The number of halogens is 2. The molecular weight excluding hydrogens is 372 g/mol. The molecule has 19 heavy (non-hydrogen) atoms. The summed E-state index contributed by atoms with van der Waals surface area (Å²) < 4.78 is 1.83. The molecule has 1 fully saturated rings. The van der Waals surface area contributed by atoms with E-state index in [2.05, 4.69) is 31.9 Å². The second-order valence-corrected chi connectivity index (χ2v) is 6.71. The third-order valence-corrected chi connectivity index (χ3v) is 4.41. The van der Waals surface area contributed by atoms with Gasteiger partial charge in [0.2, 0.25) is 0 Å². The third-order valence-electron chi connectivity index (χ3n) is 3.50. The number of likely N-dealkylation sites (tertiary alicyclic amines) is 1. The minimum atomic E-state index is 0.111. The Morgan fingerprint density at radius 2 is 1.95 bits per heavy atom. The fourth-order valence-corrected chi connectivity index (χ4v) is 3.90. The molecule has 1 aliphatic heterocycles. The highest BCUT2D eigenvalue weighted by Gasteiger charge is 2.27. The molecule has 1 saturated heterocycles. The third kappa shape index (κ3) is 3.80. The van der Waals surface area contributed by atoms with Gasteiger partial charge in [-0.1, -0.05) is 31.9 Å². The van der Waals surface area contributed by atoms with Crippen LogP contribution in [0.15, 0.2) is 27.1 Å². The van der Waals surface area contributed by atoms with Crippen LogP contribution in [0, 0.1) is 0 Å². The van der Waals surface area contributed by atoms with E-state index in [-0.39, 0.29) is 5.91 Å². The Balaban J connectivity index is 2.20. The smallest absolute Gasteiger partial charge is 0.254 e. The molecule has 1 aromatic rings. The van der Waals surface area contributed by atoms with Gasteiger partial charge in [-0.05, 0) is 50.4 Å². The Hall–Kier alpha value is -0.390. The molecule has 1 heterocycles. The first kappa shape index (κ1) is 15.0. The largest absolute Gasteiger partial charge is 0.336 e. The van der Waals surface area contributed by atoms with Gasteiger partial charge in [0.05, 0.1) is 0 Å². The molecule has 1 amide bonds. The number of piperidine rings is 1. The number of nitrogens with two attached hydrogens (primary N) is 1. The van der Waals surface area contributed by atoms with Crippen LogP contribution in [0.5, 0.6) is 0 Å². The fraction of sp³-hybridized carbons (Fsp3) is 0.500. The van der Waals surface area contributed by atoms with Crippen molar-refractivity contribution in [2.75, 3.05) is 13.1 Å². The SMILES string of the molecule is NCCC1CCCCN1C(=O)c1cc(Br)cc(Br)c1. The van der Waals surface area contributed by atoms with Crippen LogP contribution in [-0.2, 0) is 0 Å². The van der Waals surface area contributed by atoms with Gasteiger partial charge in [-0.25, -0.2) is 0 Å². The normalized spacial score (nSPS) is 19.5. The van der Waals surface area contributed by atoms with Crippen molar-refractivity contribution in [2.45, 2.75) is 31.7 Å². The highest BCUT2D eigenvalue weighted by molar-refractivity contribution is 9.11. The molecule has 3 nitrogen and oxygen atoms in total. The number of carbonyl (C=O) groups is 1. The lowest BCUT2D eigenvalue weighted by molar-refractivity contribution is 0.0605. The molecule has 1 atom stereocenters. The summed E-state index contributed by atoms with van der Waals surface area (Å²) in [7, 11) is 0. The molecule has 1 aliphatic rings. The van der Waals surface area contributed by atoms with E-state index in [1.807, 2.05) is 23.1 Å². The van der Waals surface area contributed by atoms with Crippen molar-refractivity contribution >= 4 is 37.8 Å². The quantitative estimate of drug-likeness (QED) is 0.858. The van der Waals surface area contributed by atoms with Crippen molar-refractivity contribution in [3.63, 3.8) is 0 Å². The Morgan fingerprint density at radius 1 is 1.26 bits per heavy atom. The van der Waals surface area contributed by atoms with Crippen LogP contribution in [0.25, 0.3) is 0 Å². The van der Waals surface area contributed by atoms with Gasteiger partial charge in [0, 0.05) is 27.1 Å². The van der Waals surface area contributed by atoms with E-state index in [1.54, 1.807) is 0 Å². The Kier molecular flexibility index (Phi) is 5.42. The van der Waals surface area contributed by atoms with Crippen molar-refractivity contribution in [1.82, 2.24) is 4.90 Å². The van der Waals surface area contributed by atoms with Gasteiger partial charge >= 0.3 is 0 Å². The average Bonchev–Trinajstić information content (AvgIpc) is 2.38. The Bertz CT molecular complexity index is 443. The topological polar surface area (TPSA) is 46.3 Å². The zero-order valence-corrected chi connectivity index (χ0v) is 13.9. The maximum Gasteiger partial charge on any atom is 0.254 e. The molecule has 1 aromatic carbocycles. The molecular formula is C14H18Br2N2O. The molecule has 0 aromatic heterocycles. The van der Waals surface area contributed by atoms with Crippen molar-refractivity contribution < 1.29 is 4.79 Å². The second-order valence-electron chi connectivity index (χ2n) is 4.88. The first-order chi connectivity index (χ1) is 9.11. The van der Waals surface area contributed by atoms with Gasteiger partial charge in [-0.2, -0.15) is 0 Å². The molecule has 2 N–H and O–H groups in total. The maximum absolute atomic E-state index is 12.6. The number of carbonyl (C=O) groups excluding carboxylic acids is 1. The summed E-state index contributed by atoms with van der Waals surface area (Å²) in [5, 5.41) is 0. The fourth-order valence-electron chi connectivity index (χ4n) is 2.60. The molecule has 0 aliphatic carbocycles. The lowest BCUT2D eigenvalue weighted by Crippen LogP contribution is -2.44. The van der Waals surface area contributed by atoms with Crippen molar-refractivity contribution in [2.24, 2.45) is 5.73 Å². The number of nitrogens with zero attached hydrogens (tertiary/aromatic N) is 1.